The summed E-state index contributed by atoms with van der Waals surface area (Å²) in [5, 5.41) is 3.57. The SMILES string of the molecule is Brc1ccc(OCc2ccno2)cn1. The lowest BCUT2D eigenvalue weighted by molar-refractivity contribution is 0.248. The van der Waals surface area contributed by atoms with Crippen LogP contribution in [0.3, 0.4) is 0 Å². The normalized spacial score (nSPS) is 10.1. The molecule has 0 bridgehead atoms. The molecule has 0 aromatic carbocycles. The van der Waals surface area contributed by atoms with Crippen molar-refractivity contribution in [3.63, 3.8) is 0 Å². The Bertz CT molecular complexity index is 386. The van der Waals surface area contributed by atoms with Gasteiger partial charge in [-0.3, -0.25) is 0 Å². The summed E-state index contributed by atoms with van der Waals surface area (Å²) in [7, 11) is 0. The smallest absolute Gasteiger partial charge is 0.174 e. The molecule has 0 fully saturated rings. The molecule has 4 nitrogen and oxygen atoms in total. The number of halogens is 1. The van der Waals surface area contributed by atoms with Crippen molar-refractivity contribution >= 4 is 15.9 Å². The van der Waals surface area contributed by atoms with Gasteiger partial charge in [-0.05, 0) is 28.1 Å². The van der Waals surface area contributed by atoms with E-state index in [1.807, 2.05) is 12.1 Å². The van der Waals surface area contributed by atoms with Crippen LogP contribution in [0.4, 0.5) is 0 Å². The molecule has 0 unspecified atom stereocenters. The summed E-state index contributed by atoms with van der Waals surface area (Å²) in [6.07, 6.45) is 3.22. The first-order chi connectivity index (χ1) is 6.84. The second kappa shape index (κ2) is 4.23. The molecule has 2 rings (SSSR count). The van der Waals surface area contributed by atoms with Crippen LogP contribution in [0.5, 0.6) is 5.75 Å². The molecule has 2 heterocycles. The van der Waals surface area contributed by atoms with Gasteiger partial charge in [-0.25, -0.2) is 4.98 Å². The first-order valence-corrected chi connectivity index (χ1v) is 4.78. The number of nitrogens with zero attached hydrogens (tertiary/aromatic N) is 2. The Balaban J connectivity index is 1.95. The maximum absolute atomic E-state index is 5.39. The summed E-state index contributed by atoms with van der Waals surface area (Å²) in [6, 6.07) is 5.40. The molecule has 0 aliphatic carbocycles. The Kier molecular flexibility index (Phi) is 2.78. The van der Waals surface area contributed by atoms with Crippen molar-refractivity contribution in [2.75, 3.05) is 0 Å². The second-order valence-electron chi connectivity index (χ2n) is 2.58. The van der Waals surface area contributed by atoms with E-state index in [4.69, 9.17) is 9.26 Å². The topological polar surface area (TPSA) is 48.2 Å². The van der Waals surface area contributed by atoms with Gasteiger partial charge < -0.3 is 9.26 Å². The molecule has 0 radical (unpaired) electrons. The summed E-state index contributed by atoms with van der Waals surface area (Å²) < 4.78 is 11.0. The van der Waals surface area contributed by atoms with Gasteiger partial charge >= 0.3 is 0 Å². The number of aromatic nitrogens is 2. The molecule has 2 aromatic heterocycles. The lowest BCUT2D eigenvalue weighted by Gasteiger charge is -2.02. The van der Waals surface area contributed by atoms with Crippen LogP contribution in [-0.2, 0) is 6.61 Å². The predicted octanol–water partition coefficient (Wildman–Crippen LogP) is 2.41. The van der Waals surface area contributed by atoms with Crippen molar-refractivity contribution in [3.8, 4) is 5.75 Å². The fourth-order valence-corrected chi connectivity index (χ4v) is 1.15. The van der Waals surface area contributed by atoms with E-state index in [-0.39, 0.29) is 0 Å². The number of rotatable bonds is 3. The summed E-state index contributed by atoms with van der Waals surface area (Å²) in [4.78, 5) is 4.02. The molecule has 0 aliphatic heterocycles. The van der Waals surface area contributed by atoms with Gasteiger partial charge in [-0.2, -0.15) is 0 Å². The molecule has 0 saturated heterocycles. The van der Waals surface area contributed by atoms with Crippen molar-refractivity contribution in [3.05, 3.63) is 41.0 Å². The second-order valence-corrected chi connectivity index (χ2v) is 3.40. The first-order valence-electron chi connectivity index (χ1n) is 3.98. The van der Waals surface area contributed by atoms with E-state index in [1.54, 1.807) is 18.5 Å². The maximum atomic E-state index is 5.39. The zero-order valence-corrected chi connectivity index (χ0v) is 8.77. The van der Waals surface area contributed by atoms with Gasteiger partial charge in [-0.15, -0.1) is 0 Å². The minimum absolute atomic E-state index is 0.364. The molecule has 0 spiro atoms. The van der Waals surface area contributed by atoms with Gasteiger partial charge in [0.15, 0.2) is 5.76 Å². The van der Waals surface area contributed by atoms with Crippen molar-refractivity contribution in [2.24, 2.45) is 0 Å². The van der Waals surface area contributed by atoms with Gasteiger partial charge in [0.2, 0.25) is 0 Å². The van der Waals surface area contributed by atoms with Crippen LogP contribution >= 0.6 is 15.9 Å². The lowest BCUT2D eigenvalue weighted by Crippen LogP contribution is -1.93. The van der Waals surface area contributed by atoms with E-state index >= 15 is 0 Å². The number of hydrogen-bond donors (Lipinski definition) is 0. The Morgan fingerprint density at radius 3 is 2.93 bits per heavy atom. The molecule has 5 heteroatoms. The lowest BCUT2D eigenvalue weighted by atomic mass is 10.4. The summed E-state index contributed by atoms with van der Waals surface area (Å²) in [6.45, 7) is 0.364. The first kappa shape index (κ1) is 9.21. The van der Waals surface area contributed by atoms with E-state index in [9.17, 15) is 0 Å². The molecule has 72 valence electrons. The molecule has 2 aromatic rings. The van der Waals surface area contributed by atoms with Crippen molar-refractivity contribution < 1.29 is 9.26 Å². The average Bonchev–Trinajstić information content (AvgIpc) is 2.70. The highest BCUT2D eigenvalue weighted by molar-refractivity contribution is 9.10. The summed E-state index contributed by atoms with van der Waals surface area (Å²) >= 11 is 3.24. The van der Waals surface area contributed by atoms with E-state index in [2.05, 4.69) is 26.1 Å². The van der Waals surface area contributed by atoms with Crippen LogP contribution in [0.25, 0.3) is 0 Å². The Morgan fingerprint density at radius 2 is 2.29 bits per heavy atom. The molecular weight excluding hydrogens is 248 g/mol. The minimum atomic E-state index is 0.364. The summed E-state index contributed by atoms with van der Waals surface area (Å²) in [5.74, 6) is 1.39. The zero-order valence-electron chi connectivity index (χ0n) is 7.18. The average molecular weight is 255 g/mol. The molecular formula is C9H7BrN2O2. The molecule has 0 amide bonds. The van der Waals surface area contributed by atoms with Gasteiger partial charge in [-0.1, -0.05) is 5.16 Å². The highest BCUT2D eigenvalue weighted by atomic mass is 79.9. The molecule has 14 heavy (non-hydrogen) atoms. The number of pyridine rings is 1. The Morgan fingerprint density at radius 1 is 1.36 bits per heavy atom. The standard InChI is InChI=1S/C9H7BrN2O2/c10-9-2-1-7(5-11-9)13-6-8-3-4-12-14-8/h1-5H,6H2. The van der Waals surface area contributed by atoms with Crippen LogP contribution in [-0.4, -0.2) is 10.1 Å². The Hall–Kier alpha value is -1.36. The molecule has 0 aliphatic rings. The van der Waals surface area contributed by atoms with Crippen LogP contribution in [0.15, 0.2) is 39.7 Å². The van der Waals surface area contributed by atoms with Crippen molar-refractivity contribution in [1.29, 1.82) is 0 Å². The predicted molar refractivity (Wildman–Crippen MR) is 52.8 cm³/mol. The number of ether oxygens (including phenoxy) is 1. The third-order valence-electron chi connectivity index (χ3n) is 1.57. The maximum Gasteiger partial charge on any atom is 0.174 e. The third-order valence-corrected chi connectivity index (χ3v) is 2.04. The van der Waals surface area contributed by atoms with E-state index in [0.717, 1.165) is 4.60 Å². The van der Waals surface area contributed by atoms with Crippen molar-refractivity contribution in [1.82, 2.24) is 10.1 Å². The highest BCUT2D eigenvalue weighted by Gasteiger charge is 1.98. The highest BCUT2D eigenvalue weighted by Crippen LogP contribution is 2.14. The van der Waals surface area contributed by atoms with Crippen molar-refractivity contribution in [2.45, 2.75) is 6.61 Å². The van der Waals surface area contributed by atoms with Gasteiger partial charge in [0.25, 0.3) is 0 Å². The molecule has 0 saturated carbocycles. The molecule has 0 atom stereocenters. The van der Waals surface area contributed by atoms with E-state index in [1.165, 1.54) is 0 Å². The monoisotopic (exact) mass is 254 g/mol. The fraction of sp³-hybridized carbons (Fsp3) is 0.111. The van der Waals surface area contributed by atoms with E-state index in [0.29, 0.717) is 18.1 Å². The molecule has 0 N–H and O–H groups in total. The minimum Gasteiger partial charge on any atom is -0.484 e. The van der Waals surface area contributed by atoms with Crippen LogP contribution < -0.4 is 4.74 Å². The van der Waals surface area contributed by atoms with Gasteiger partial charge in [0.05, 0.1) is 12.4 Å². The largest absolute Gasteiger partial charge is 0.484 e. The van der Waals surface area contributed by atoms with Crippen LogP contribution in [0, 0.1) is 0 Å². The van der Waals surface area contributed by atoms with E-state index < -0.39 is 0 Å². The van der Waals surface area contributed by atoms with Crippen LogP contribution in [0.2, 0.25) is 0 Å². The quantitative estimate of drug-likeness (QED) is 0.790. The Labute approximate surface area is 89.0 Å². The third kappa shape index (κ3) is 2.32. The van der Waals surface area contributed by atoms with Crippen LogP contribution in [0.1, 0.15) is 5.76 Å². The summed E-state index contributed by atoms with van der Waals surface area (Å²) in [5.41, 5.74) is 0. The number of hydrogen-bond acceptors (Lipinski definition) is 4. The zero-order chi connectivity index (χ0) is 9.80. The fourth-order valence-electron chi connectivity index (χ4n) is 0.919. The van der Waals surface area contributed by atoms with Gasteiger partial charge in [0.1, 0.15) is 17.0 Å². The van der Waals surface area contributed by atoms with Gasteiger partial charge in [0, 0.05) is 6.07 Å².